The summed E-state index contributed by atoms with van der Waals surface area (Å²) in [5.74, 6) is 0. The Balaban J connectivity index is 2.75. The van der Waals surface area contributed by atoms with E-state index in [1.54, 1.807) is 0 Å². The molecule has 0 saturated carbocycles. The van der Waals surface area contributed by atoms with Crippen molar-refractivity contribution in [3.8, 4) is 0 Å². The molecule has 1 aliphatic heterocycles. The Labute approximate surface area is 89.8 Å². The number of hydrogen-bond donors (Lipinski definition) is 0. The van der Waals surface area contributed by atoms with Crippen LogP contribution in [0.15, 0.2) is 0 Å². The fraction of sp³-hybridized carbons (Fsp3) is 1.00. The van der Waals surface area contributed by atoms with E-state index in [-0.39, 0.29) is 5.38 Å². The molecule has 0 bridgehead atoms. The van der Waals surface area contributed by atoms with Gasteiger partial charge in [0.25, 0.3) is 10.2 Å². The van der Waals surface area contributed by atoms with Crippen LogP contribution in [0.3, 0.4) is 0 Å². The molecule has 0 radical (unpaired) electrons. The molecule has 1 heterocycles. The summed E-state index contributed by atoms with van der Waals surface area (Å²) < 4.78 is 31.1. The zero-order valence-electron chi connectivity index (χ0n) is 8.31. The topological polar surface area (TPSA) is 49.9 Å². The Morgan fingerprint density at radius 2 is 2.14 bits per heavy atom. The largest absolute Gasteiger partial charge is 0.378 e. The van der Waals surface area contributed by atoms with Gasteiger partial charge in [-0.2, -0.15) is 17.0 Å². The van der Waals surface area contributed by atoms with Gasteiger partial charge in [0.05, 0.1) is 18.6 Å². The maximum atomic E-state index is 11.7. The molecule has 7 heteroatoms. The summed E-state index contributed by atoms with van der Waals surface area (Å²) in [6.45, 7) is 1.48. The number of nitrogens with zero attached hydrogens (tertiary/aromatic N) is 2. The third-order valence-corrected chi connectivity index (χ3v) is 4.14. The Morgan fingerprint density at radius 1 is 1.50 bits per heavy atom. The van der Waals surface area contributed by atoms with Crippen molar-refractivity contribution in [2.45, 2.75) is 5.38 Å². The molecule has 0 aromatic heterocycles. The number of halogens is 1. The maximum absolute atomic E-state index is 11.7. The molecular weight excluding hydrogens is 228 g/mol. The van der Waals surface area contributed by atoms with Gasteiger partial charge >= 0.3 is 0 Å². The average molecular weight is 243 g/mol. The van der Waals surface area contributed by atoms with Crippen LogP contribution in [-0.4, -0.2) is 62.8 Å². The minimum absolute atomic E-state index is 0.271. The standard InChI is InChI=1S/C7H15ClN2O3S/c1-9(2)14(11,12)10-3-4-13-6-7(8)5-10/h7H,3-6H2,1-2H3. The van der Waals surface area contributed by atoms with Crippen LogP contribution in [0.2, 0.25) is 0 Å². The summed E-state index contributed by atoms with van der Waals surface area (Å²) in [6.07, 6.45) is 0. The quantitative estimate of drug-likeness (QED) is 0.627. The molecule has 0 spiro atoms. The number of hydrogen-bond acceptors (Lipinski definition) is 3. The van der Waals surface area contributed by atoms with Crippen LogP contribution in [0, 0.1) is 0 Å². The molecule has 14 heavy (non-hydrogen) atoms. The fourth-order valence-corrected chi connectivity index (χ4v) is 2.66. The Bertz CT molecular complexity index is 281. The van der Waals surface area contributed by atoms with Crippen molar-refractivity contribution in [3.63, 3.8) is 0 Å². The highest BCUT2D eigenvalue weighted by Crippen LogP contribution is 2.11. The Hall–Kier alpha value is 0.120. The molecule has 0 aromatic rings. The van der Waals surface area contributed by atoms with Crippen LogP contribution in [-0.2, 0) is 14.9 Å². The van der Waals surface area contributed by atoms with Gasteiger partial charge in [-0.25, -0.2) is 0 Å². The Kier molecular flexibility index (Phi) is 4.15. The van der Waals surface area contributed by atoms with Crippen LogP contribution in [0.25, 0.3) is 0 Å². The lowest BCUT2D eigenvalue weighted by Gasteiger charge is -2.24. The normalized spacial score (nSPS) is 26.4. The molecule has 0 aromatic carbocycles. The van der Waals surface area contributed by atoms with Gasteiger partial charge in [0, 0.05) is 27.2 Å². The summed E-state index contributed by atoms with van der Waals surface area (Å²) >= 11 is 5.88. The van der Waals surface area contributed by atoms with E-state index in [9.17, 15) is 8.42 Å². The molecule has 1 rings (SSSR count). The van der Waals surface area contributed by atoms with Crippen LogP contribution < -0.4 is 0 Å². The smallest absolute Gasteiger partial charge is 0.281 e. The van der Waals surface area contributed by atoms with Gasteiger partial charge in [0.15, 0.2) is 0 Å². The predicted molar refractivity (Wildman–Crippen MR) is 54.6 cm³/mol. The summed E-state index contributed by atoms with van der Waals surface area (Å²) in [5, 5.41) is -0.271. The van der Waals surface area contributed by atoms with Crippen LogP contribution in [0.4, 0.5) is 0 Å². The third kappa shape index (κ3) is 2.80. The summed E-state index contributed by atoms with van der Waals surface area (Å²) in [6, 6.07) is 0. The second-order valence-corrected chi connectivity index (χ2v) is 6.08. The summed E-state index contributed by atoms with van der Waals surface area (Å²) in [7, 11) is -0.345. The lowest BCUT2D eigenvalue weighted by molar-refractivity contribution is 0.149. The van der Waals surface area contributed by atoms with Crippen molar-refractivity contribution >= 4 is 21.8 Å². The highest BCUT2D eigenvalue weighted by Gasteiger charge is 2.28. The first-order valence-electron chi connectivity index (χ1n) is 4.34. The van der Waals surface area contributed by atoms with Crippen LogP contribution in [0.1, 0.15) is 0 Å². The highest BCUT2D eigenvalue weighted by molar-refractivity contribution is 7.86. The maximum Gasteiger partial charge on any atom is 0.281 e. The number of rotatable bonds is 2. The van der Waals surface area contributed by atoms with E-state index in [1.165, 1.54) is 22.7 Å². The lowest BCUT2D eigenvalue weighted by Crippen LogP contribution is -2.43. The van der Waals surface area contributed by atoms with E-state index in [1.807, 2.05) is 0 Å². The van der Waals surface area contributed by atoms with Gasteiger partial charge in [-0.1, -0.05) is 0 Å². The van der Waals surface area contributed by atoms with Gasteiger partial charge in [-0.15, -0.1) is 11.6 Å². The van der Waals surface area contributed by atoms with Gasteiger partial charge in [0.2, 0.25) is 0 Å². The van der Waals surface area contributed by atoms with Crippen molar-refractivity contribution in [1.29, 1.82) is 0 Å². The van der Waals surface area contributed by atoms with E-state index in [0.717, 1.165) is 0 Å². The molecule has 0 N–H and O–H groups in total. The monoisotopic (exact) mass is 242 g/mol. The molecule has 84 valence electrons. The zero-order valence-corrected chi connectivity index (χ0v) is 9.88. The lowest BCUT2D eigenvalue weighted by atomic mass is 10.4. The Morgan fingerprint density at radius 3 is 2.71 bits per heavy atom. The van der Waals surface area contributed by atoms with E-state index in [2.05, 4.69) is 0 Å². The first kappa shape index (κ1) is 12.2. The van der Waals surface area contributed by atoms with Crippen molar-refractivity contribution < 1.29 is 13.2 Å². The minimum Gasteiger partial charge on any atom is -0.378 e. The summed E-state index contributed by atoms with van der Waals surface area (Å²) in [5.41, 5.74) is 0. The van der Waals surface area contributed by atoms with Gasteiger partial charge in [-0.05, 0) is 0 Å². The highest BCUT2D eigenvalue weighted by atomic mass is 35.5. The molecule has 0 amide bonds. The molecule has 1 unspecified atom stereocenters. The number of alkyl halides is 1. The van der Waals surface area contributed by atoms with Gasteiger partial charge in [0.1, 0.15) is 0 Å². The third-order valence-electron chi connectivity index (χ3n) is 1.97. The van der Waals surface area contributed by atoms with Gasteiger partial charge < -0.3 is 4.74 Å². The van der Waals surface area contributed by atoms with Crippen molar-refractivity contribution in [2.75, 3.05) is 40.4 Å². The summed E-state index contributed by atoms with van der Waals surface area (Å²) in [4.78, 5) is 0. The van der Waals surface area contributed by atoms with E-state index < -0.39 is 10.2 Å². The van der Waals surface area contributed by atoms with Crippen LogP contribution in [0.5, 0.6) is 0 Å². The zero-order chi connectivity index (χ0) is 10.8. The van der Waals surface area contributed by atoms with Crippen molar-refractivity contribution in [1.82, 2.24) is 8.61 Å². The number of ether oxygens (including phenoxy) is 1. The first-order valence-corrected chi connectivity index (χ1v) is 6.17. The van der Waals surface area contributed by atoms with E-state index >= 15 is 0 Å². The molecule has 1 saturated heterocycles. The van der Waals surface area contributed by atoms with E-state index in [0.29, 0.717) is 26.3 Å². The second kappa shape index (κ2) is 4.76. The van der Waals surface area contributed by atoms with E-state index in [4.69, 9.17) is 16.3 Å². The molecule has 5 nitrogen and oxygen atoms in total. The van der Waals surface area contributed by atoms with Crippen molar-refractivity contribution in [2.24, 2.45) is 0 Å². The molecule has 0 aliphatic carbocycles. The van der Waals surface area contributed by atoms with Crippen molar-refractivity contribution in [3.05, 3.63) is 0 Å². The fourth-order valence-electron chi connectivity index (χ4n) is 1.18. The minimum atomic E-state index is -3.35. The first-order chi connectivity index (χ1) is 6.44. The van der Waals surface area contributed by atoms with Crippen LogP contribution >= 0.6 is 11.6 Å². The molecule has 1 aliphatic rings. The predicted octanol–water partition coefficient (Wildman–Crippen LogP) is -0.268. The molecular formula is C7H15ClN2O3S. The second-order valence-electron chi connectivity index (χ2n) is 3.32. The van der Waals surface area contributed by atoms with Gasteiger partial charge in [-0.3, -0.25) is 0 Å². The average Bonchev–Trinajstić information content (AvgIpc) is 2.29. The molecule has 1 fully saturated rings. The SMILES string of the molecule is CN(C)S(=O)(=O)N1CCOCC(Cl)C1. The molecule has 1 atom stereocenters.